The number of benzene rings is 1. The fourth-order valence-corrected chi connectivity index (χ4v) is 3.01. The molecule has 0 spiro atoms. The van der Waals surface area contributed by atoms with Crippen LogP contribution in [0, 0.1) is 0 Å². The molecule has 130 valence electrons. The van der Waals surface area contributed by atoms with Crippen molar-refractivity contribution in [2.75, 3.05) is 18.1 Å². The Labute approximate surface area is 151 Å². The number of nitrogens with zero attached hydrogens (tertiary/aromatic N) is 3. The molecule has 1 aromatic heterocycles. The van der Waals surface area contributed by atoms with Gasteiger partial charge in [0.25, 0.3) is 0 Å². The van der Waals surface area contributed by atoms with Crippen molar-refractivity contribution in [1.82, 2.24) is 20.2 Å². The van der Waals surface area contributed by atoms with Crippen LogP contribution in [0.5, 0.6) is 0 Å². The van der Waals surface area contributed by atoms with Crippen LogP contribution in [0.4, 0.5) is 0 Å². The largest absolute Gasteiger partial charge is 0.355 e. The van der Waals surface area contributed by atoms with Crippen molar-refractivity contribution in [2.45, 2.75) is 37.8 Å². The maximum atomic E-state index is 11.9. The molecule has 1 aromatic carbocycles. The zero-order valence-corrected chi connectivity index (χ0v) is 15.6. The van der Waals surface area contributed by atoms with Crippen LogP contribution in [-0.2, 0) is 16.6 Å². The maximum absolute atomic E-state index is 11.9. The van der Waals surface area contributed by atoms with E-state index in [2.05, 4.69) is 15.5 Å². The second kappa shape index (κ2) is 7.90. The van der Waals surface area contributed by atoms with Crippen molar-refractivity contribution in [3.63, 3.8) is 0 Å². The molecular weight excluding hydrogens is 346 g/mol. The fourth-order valence-electron chi connectivity index (χ4n) is 2.11. The third-order valence-corrected chi connectivity index (χ3v) is 4.47. The van der Waals surface area contributed by atoms with E-state index in [0.717, 1.165) is 12.0 Å². The molecular formula is C16H22ClN5OS. The molecule has 3 N–H and O–H groups in total. The van der Waals surface area contributed by atoms with E-state index in [1.807, 2.05) is 45.0 Å². The summed E-state index contributed by atoms with van der Waals surface area (Å²) in [4.78, 5) is 11.9. The number of amides is 1. The Bertz CT molecular complexity index is 711. The normalized spacial score (nSPS) is 11.5. The van der Waals surface area contributed by atoms with Crippen molar-refractivity contribution in [3.05, 3.63) is 40.7 Å². The molecule has 6 nitrogen and oxygen atoms in total. The second-order valence-corrected chi connectivity index (χ2v) is 7.82. The third-order valence-electron chi connectivity index (χ3n) is 3.29. The first kappa shape index (κ1) is 18.6. The van der Waals surface area contributed by atoms with Gasteiger partial charge in [-0.3, -0.25) is 4.79 Å². The van der Waals surface area contributed by atoms with Crippen LogP contribution in [0.3, 0.4) is 0 Å². The lowest BCUT2D eigenvalue weighted by Gasteiger charge is -2.16. The Balaban J connectivity index is 1.78. The number of aromatic nitrogens is 3. The van der Waals surface area contributed by atoms with Gasteiger partial charge in [0.15, 0.2) is 5.82 Å². The van der Waals surface area contributed by atoms with Gasteiger partial charge >= 0.3 is 0 Å². The van der Waals surface area contributed by atoms with Gasteiger partial charge in [-0.2, -0.15) is 0 Å². The molecule has 0 unspecified atom stereocenters. The topological polar surface area (TPSA) is 85.8 Å². The highest BCUT2D eigenvalue weighted by molar-refractivity contribution is 7.99. The monoisotopic (exact) mass is 367 g/mol. The molecule has 2 aromatic rings. The first-order valence-electron chi connectivity index (χ1n) is 7.62. The van der Waals surface area contributed by atoms with Crippen molar-refractivity contribution in [1.29, 1.82) is 0 Å². The Morgan fingerprint density at radius 2 is 2.12 bits per heavy atom. The summed E-state index contributed by atoms with van der Waals surface area (Å²) in [6.07, 6.45) is 0.734. The Kier molecular flexibility index (Phi) is 6.12. The highest BCUT2D eigenvalue weighted by Gasteiger charge is 2.23. The van der Waals surface area contributed by atoms with Gasteiger partial charge in [0.2, 0.25) is 11.1 Å². The Morgan fingerprint density at radius 1 is 1.38 bits per heavy atom. The van der Waals surface area contributed by atoms with Crippen LogP contribution >= 0.6 is 23.4 Å². The lowest BCUT2D eigenvalue weighted by molar-refractivity contribution is -0.118. The van der Waals surface area contributed by atoms with E-state index in [4.69, 9.17) is 17.4 Å². The molecule has 0 bridgehead atoms. The van der Waals surface area contributed by atoms with Crippen molar-refractivity contribution < 1.29 is 4.79 Å². The zero-order chi connectivity index (χ0) is 17.7. The van der Waals surface area contributed by atoms with E-state index in [1.54, 1.807) is 0 Å². The molecule has 0 saturated carbocycles. The van der Waals surface area contributed by atoms with Gasteiger partial charge in [-0.15, -0.1) is 10.2 Å². The molecule has 0 aliphatic carbocycles. The molecule has 1 heterocycles. The van der Waals surface area contributed by atoms with E-state index in [9.17, 15) is 4.79 Å². The van der Waals surface area contributed by atoms with E-state index >= 15 is 0 Å². The number of carbonyl (C=O) groups is 1. The van der Waals surface area contributed by atoms with Gasteiger partial charge < -0.3 is 11.2 Å². The van der Waals surface area contributed by atoms with Crippen molar-refractivity contribution in [3.8, 4) is 0 Å². The average molecular weight is 368 g/mol. The lowest BCUT2D eigenvalue weighted by atomic mass is 9.96. The second-order valence-electron chi connectivity index (χ2n) is 6.44. The van der Waals surface area contributed by atoms with Crippen molar-refractivity contribution in [2.24, 2.45) is 0 Å². The maximum Gasteiger partial charge on any atom is 0.230 e. The number of halogens is 1. The summed E-state index contributed by atoms with van der Waals surface area (Å²) in [7, 11) is 0. The van der Waals surface area contributed by atoms with Crippen LogP contribution in [0.15, 0.2) is 29.4 Å². The highest BCUT2D eigenvalue weighted by atomic mass is 35.5. The van der Waals surface area contributed by atoms with E-state index in [-0.39, 0.29) is 17.1 Å². The quantitative estimate of drug-likeness (QED) is 0.604. The molecule has 0 aliphatic heterocycles. The number of carbonyl (C=O) groups excluding carboxylic acids is 1. The predicted octanol–water partition coefficient (Wildman–Crippen LogP) is 2.39. The van der Waals surface area contributed by atoms with Gasteiger partial charge in [-0.25, -0.2) is 4.68 Å². The van der Waals surface area contributed by atoms with Crippen LogP contribution < -0.4 is 11.2 Å². The van der Waals surface area contributed by atoms with Gasteiger partial charge in [0, 0.05) is 17.0 Å². The first-order valence-corrected chi connectivity index (χ1v) is 8.98. The Hall–Kier alpha value is -1.73. The van der Waals surface area contributed by atoms with E-state index in [0.29, 0.717) is 22.5 Å². The third kappa shape index (κ3) is 5.14. The Morgan fingerprint density at radius 3 is 2.75 bits per heavy atom. The SMILES string of the molecule is CC(C)(C)c1nnc(SCC(=O)NCCc2cccc(Cl)c2)n1N. The molecule has 0 radical (unpaired) electrons. The minimum Gasteiger partial charge on any atom is -0.355 e. The predicted molar refractivity (Wildman–Crippen MR) is 97.8 cm³/mol. The number of thioether (sulfide) groups is 1. The van der Waals surface area contributed by atoms with Crippen LogP contribution in [-0.4, -0.2) is 33.1 Å². The molecule has 0 atom stereocenters. The smallest absolute Gasteiger partial charge is 0.230 e. The molecule has 2 rings (SSSR count). The minimum atomic E-state index is -0.195. The molecule has 0 fully saturated rings. The minimum absolute atomic E-state index is 0.0673. The molecule has 0 saturated heterocycles. The lowest BCUT2D eigenvalue weighted by Crippen LogP contribution is -2.28. The van der Waals surface area contributed by atoms with E-state index in [1.165, 1.54) is 16.4 Å². The first-order chi connectivity index (χ1) is 11.3. The summed E-state index contributed by atoms with van der Waals surface area (Å²) in [5.74, 6) is 6.86. The van der Waals surface area contributed by atoms with Gasteiger partial charge in [0.1, 0.15) is 0 Å². The summed E-state index contributed by atoms with van der Waals surface area (Å²) < 4.78 is 1.45. The summed E-state index contributed by atoms with van der Waals surface area (Å²) in [6.45, 7) is 6.59. The van der Waals surface area contributed by atoms with Gasteiger partial charge in [-0.1, -0.05) is 56.3 Å². The summed E-state index contributed by atoms with van der Waals surface area (Å²) in [5, 5.41) is 12.3. The number of nitrogen functional groups attached to an aromatic ring is 1. The summed E-state index contributed by atoms with van der Waals surface area (Å²) in [5.41, 5.74) is 0.895. The zero-order valence-electron chi connectivity index (χ0n) is 14.0. The van der Waals surface area contributed by atoms with Gasteiger partial charge in [-0.05, 0) is 24.1 Å². The molecule has 0 aliphatic rings. The number of rotatable bonds is 6. The van der Waals surface area contributed by atoms with Crippen molar-refractivity contribution >= 4 is 29.3 Å². The van der Waals surface area contributed by atoms with Crippen LogP contribution in [0.25, 0.3) is 0 Å². The summed E-state index contributed by atoms with van der Waals surface area (Å²) in [6, 6.07) is 7.61. The van der Waals surface area contributed by atoms with Crippen LogP contribution in [0.2, 0.25) is 5.02 Å². The number of nitrogens with one attached hydrogen (secondary N) is 1. The van der Waals surface area contributed by atoms with Crippen LogP contribution in [0.1, 0.15) is 32.2 Å². The van der Waals surface area contributed by atoms with Gasteiger partial charge in [0.05, 0.1) is 5.75 Å². The number of hydrogen-bond acceptors (Lipinski definition) is 5. The molecule has 24 heavy (non-hydrogen) atoms. The average Bonchev–Trinajstić information content (AvgIpc) is 2.86. The fraction of sp³-hybridized carbons (Fsp3) is 0.438. The molecule has 8 heteroatoms. The molecule has 1 amide bonds. The van der Waals surface area contributed by atoms with E-state index < -0.39 is 0 Å². The summed E-state index contributed by atoms with van der Waals surface area (Å²) >= 11 is 7.21. The standard InChI is InChI=1S/C16H22ClN5OS/c1-16(2,3)14-20-21-15(22(14)18)24-10-13(23)19-8-7-11-5-4-6-12(17)9-11/h4-6,9H,7-8,10,18H2,1-3H3,(H,19,23). The number of nitrogens with two attached hydrogens (primary N) is 1. The number of hydrogen-bond donors (Lipinski definition) is 2. The highest BCUT2D eigenvalue weighted by Crippen LogP contribution is 2.22.